The summed E-state index contributed by atoms with van der Waals surface area (Å²) in [4.78, 5) is 8.94. The van der Waals surface area contributed by atoms with E-state index in [2.05, 4.69) is 5.32 Å². The van der Waals surface area contributed by atoms with E-state index in [1.54, 1.807) is 13.0 Å². The second-order valence-corrected chi connectivity index (χ2v) is 7.32. The number of alkyl halides is 3. The highest BCUT2D eigenvalue weighted by molar-refractivity contribution is 7.92. The second kappa shape index (κ2) is 5.45. The van der Waals surface area contributed by atoms with Crippen molar-refractivity contribution in [2.45, 2.75) is 29.3 Å². The van der Waals surface area contributed by atoms with Crippen molar-refractivity contribution in [1.82, 2.24) is 0 Å². The molecule has 132 valence electrons. The molecule has 1 N–H and O–H groups in total. The van der Waals surface area contributed by atoms with Gasteiger partial charge in [-0.05, 0) is 24.1 Å². The highest BCUT2D eigenvalue weighted by atomic mass is 32.2. The minimum Gasteiger partial charge on any atom is -0.353 e. The number of hydrogen-bond acceptors (Lipinski definition) is 5. The summed E-state index contributed by atoms with van der Waals surface area (Å²) >= 11 is 0. The molecule has 0 aromatic heterocycles. The summed E-state index contributed by atoms with van der Waals surface area (Å²) in [5.41, 5.74) is -2.36. The van der Waals surface area contributed by atoms with Crippen LogP contribution in [-0.2, 0) is 22.4 Å². The van der Waals surface area contributed by atoms with Crippen LogP contribution in [0.2, 0.25) is 0 Å². The maximum atomic E-state index is 13.3. The fraction of sp³-hybridized carbons (Fsp3) is 0.200. The first-order valence-electron chi connectivity index (χ1n) is 7.10. The predicted molar refractivity (Wildman–Crippen MR) is 82.7 cm³/mol. The third-order valence-electron chi connectivity index (χ3n) is 3.90. The zero-order valence-corrected chi connectivity index (χ0v) is 13.5. The molecule has 6 nitrogen and oxygen atoms in total. The van der Waals surface area contributed by atoms with E-state index >= 15 is 0 Å². The summed E-state index contributed by atoms with van der Waals surface area (Å²) in [6, 6.07) is 5.31. The molecule has 0 saturated carbocycles. The topological polar surface area (TPSA) is 89.3 Å². The Morgan fingerprint density at radius 1 is 1.16 bits per heavy atom. The Labute approximate surface area is 140 Å². The van der Waals surface area contributed by atoms with E-state index in [1.165, 1.54) is 12.1 Å². The van der Waals surface area contributed by atoms with Crippen molar-refractivity contribution in [3.63, 3.8) is 0 Å². The molecule has 0 saturated heterocycles. The van der Waals surface area contributed by atoms with Gasteiger partial charge in [-0.3, -0.25) is 10.1 Å². The van der Waals surface area contributed by atoms with Crippen molar-refractivity contribution in [3.8, 4) is 0 Å². The van der Waals surface area contributed by atoms with Gasteiger partial charge in [-0.15, -0.1) is 0 Å². The fourth-order valence-corrected chi connectivity index (χ4v) is 4.29. The number of fused-ring (bicyclic) bond motifs is 2. The van der Waals surface area contributed by atoms with Gasteiger partial charge in [-0.1, -0.05) is 13.0 Å². The summed E-state index contributed by atoms with van der Waals surface area (Å²) in [6.07, 6.45) is -4.43. The molecule has 2 aromatic carbocycles. The lowest BCUT2D eigenvalue weighted by molar-refractivity contribution is -0.385. The van der Waals surface area contributed by atoms with Crippen LogP contribution in [0.4, 0.5) is 30.2 Å². The van der Waals surface area contributed by atoms with Crippen molar-refractivity contribution < 1.29 is 26.5 Å². The van der Waals surface area contributed by atoms with Crippen LogP contribution in [0.25, 0.3) is 0 Å². The first kappa shape index (κ1) is 17.2. The van der Waals surface area contributed by atoms with Gasteiger partial charge in [0.1, 0.15) is 4.90 Å². The number of aryl methyl sites for hydroxylation is 1. The van der Waals surface area contributed by atoms with Crippen LogP contribution in [0.3, 0.4) is 0 Å². The molecule has 1 heterocycles. The van der Waals surface area contributed by atoms with Crippen molar-refractivity contribution in [1.29, 1.82) is 0 Å². The molecular formula is C15H11F3N2O4S. The number of nitro groups is 1. The van der Waals surface area contributed by atoms with E-state index in [0.29, 0.717) is 24.1 Å². The quantitative estimate of drug-likeness (QED) is 0.541. The summed E-state index contributed by atoms with van der Waals surface area (Å²) in [5, 5.41) is 13.4. The number of nitrogens with zero attached hydrogens (tertiary/aromatic N) is 1. The van der Waals surface area contributed by atoms with Gasteiger partial charge >= 0.3 is 6.18 Å². The van der Waals surface area contributed by atoms with Crippen LogP contribution in [0.5, 0.6) is 0 Å². The first-order chi connectivity index (χ1) is 11.6. The summed E-state index contributed by atoms with van der Waals surface area (Å²) in [6.45, 7) is 1.80. The Hall–Kier alpha value is -2.62. The van der Waals surface area contributed by atoms with Crippen LogP contribution >= 0.6 is 0 Å². The van der Waals surface area contributed by atoms with Gasteiger partial charge in [-0.2, -0.15) is 13.2 Å². The van der Waals surface area contributed by atoms with Crippen molar-refractivity contribution in [2.24, 2.45) is 0 Å². The Balaban J connectivity index is 2.37. The van der Waals surface area contributed by atoms with Crippen LogP contribution in [-0.4, -0.2) is 13.3 Å². The van der Waals surface area contributed by atoms with Gasteiger partial charge in [0.25, 0.3) is 5.69 Å². The van der Waals surface area contributed by atoms with E-state index in [4.69, 9.17) is 0 Å². The average molecular weight is 372 g/mol. The van der Waals surface area contributed by atoms with Crippen molar-refractivity contribution >= 4 is 26.9 Å². The number of nitro benzene ring substituents is 1. The number of sulfone groups is 1. The first-order valence-corrected chi connectivity index (χ1v) is 8.58. The highest BCUT2D eigenvalue weighted by Crippen LogP contribution is 2.47. The number of hydrogen-bond donors (Lipinski definition) is 1. The molecule has 0 fully saturated rings. The van der Waals surface area contributed by atoms with Gasteiger partial charge in [0.2, 0.25) is 9.84 Å². The maximum absolute atomic E-state index is 13.3. The van der Waals surface area contributed by atoms with E-state index < -0.39 is 42.8 Å². The van der Waals surface area contributed by atoms with Gasteiger partial charge in [0.05, 0.1) is 26.8 Å². The van der Waals surface area contributed by atoms with E-state index in [1.807, 2.05) is 0 Å². The minimum atomic E-state index is -4.96. The van der Waals surface area contributed by atoms with E-state index in [-0.39, 0.29) is 10.6 Å². The number of rotatable bonds is 2. The van der Waals surface area contributed by atoms with Crippen LogP contribution in [0.1, 0.15) is 18.1 Å². The lowest BCUT2D eigenvalue weighted by Gasteiger charge is -2.25. The van der Waals surface area contributed by atoms with Gasteiger partial charge in [0.15, 0.2) is 0 Å². The van der Waals surface area contributed by atoms with Crippen molar-refractivity contribution in [2.75, 3.05) is 5.32 Å². The van der Waals surface area contributed by atoms with Crippen LogP contribution < -0.4 is 5.32 Å². The molecule has 0 aliphatic carbocycles. The summed E-state index contributed by atoms with van der Waals surface area (Å²) in [7, 11) is -4.34. The number of nitrogens with one attached hydrogen (secondary N) is 1. The fourth-order valence-electron chi connectivity index (χ4n) is 2.64. The standard InChI is InChI=1S/C15H11F3N2O4S/c1-2-8-3-4-11-12(5-8)25(23,24)13-7-9(20(21)22)6-10(14(13)19-11)15(16,17)18/h3-7,19H,2H2,1H3. The number of non-ortho nitro benzene ring substituents is 1. The van der Waals surface area contributed by atoms with E-state index in [0.717, 1.165) is 0 Å². The average Bonchev–Trinajstić information content (AvgIpc) is 2.53. The third kappa shape index (κ3) is 2.72. The Bertz CT molecular complexity index is 1000. The number of halogens is 3. The lowest BCUT2D eigenvalue weighted by atomic mass is 10.1. The molecule has 2 aromatic rings. The SMILES string of the molecule is CCc1ccc2c(c1)S(=O)(=O)c1cc([N+](=O)[O-])cc(C(F)(F)F)c1N2. The molecule has 0 atom stereocenters. The van der Waals surface area contributed by atoms with Gasteiger partial charge in [0, 0.05) is 12.1 Å². The zero-order valence-electron chi connectivity index (χ0n) is 12.7. The normalized spacial score (nSPS) is 15.0. The second-order valence-electron chi connectivity index (χ2n) is 5.43. The summed E-state index contributed by atoms with van der Waals surface area (Å²) < 4.78 is 65.5. The molecule has 0 radical (unpaired) electrons. The molecular weight excluding hydrogens is 361 g/mol. The van der Waals surface area contributed by atoms with Crippen LogP contribution in [0.15, 0.2) is 40.1 Å². The Kier molecular flexibility index (Phi) is 3.75. The largest absolute Gasteiger partial charge is 0.418 e. The molecule has 1 aliphatic rings. The van der Waals surface area contributed by atoms with E-state index in [9.17, 15) is 31.7 Å². The molecule has 0 bridgehead atoms. The summed E-state index contributed by atoms with van der Waals surface area (Å²) in [5.74, 6) is 0. The minimum absolute atomic E-state index is 0.00375. The number of anilines is 2. The smallest absolute Gasteiger partial charge is 0.353 e. The van der Waals surface area contributed by atoms with Gasteiger partial charge < -0.3 is 5.32 Å². The zero-order chi connectivity index (χ0) is 18.6. The predicted octanol–water partition coefficient (Wildman–Crippen LogP) is 4.07. The Morgan fingerprint density at radius 2 is 1.84 bits per heavy atom. The van der Waals surface area contributed by atoms with Crippen LogP contribution in [0, 0.1) is 10.1 Å². The molecule has 1 aliphatic heterocycles. The molecule has 10 heteroatoms. The van der Waals surface area contributed by atoms with Gasteiger partial charge in [-0.25, -0.2) is 8.42 Å². The molecule has 0 spiro atoms. The lowest BCUT2D eigenvalue weighted by Crippen LogP contribution is -2.19. The Morgan fingerprint density at radius 3 is 2.40 bits per heavy atom. The maximum Gasteiger partial charge on any atom is 0.418 e. The highest BCUT2D eigenvalue weighted by Gasteiger charge is 2.42. The monoisotopic (exact) mass is 372 g/mol. The third-order valence-corrected chi connectivity index (χ3v) is 5.71. The molecule has 0 amide bonds. The number of benzene rings is 2. The molecule has 25 heavy (non-hydrogen) atoms. The molecule has 3 rings (SSSR count). The molecule has 0 unspecified atom stereocenters. The van der Waals surface area contributed by atoms with Crippen molar-refractivity contribution in [3.05, 3.63) is 51.6 Å².